The van der Waals surface area contributed by atoms with E-state index in [9.17, 15) is 14.7 Å². The minimum atomic E-state index is -0.308. The summed E-state index contributed by atoms with van der Waals surface area (Å²) in [5, 5.41) is 13.9. The van der Waals surface area contributed by atoms with Crippen LogP contribution in [-0.2, 0) is 23.2 Å². The molecular weight excluding hydrogens is 620 g/mol. The fraction of sp³-hybridized carbons (Fsp3) is 0.459. The summed E-state index contributed by atoms with van der Waals surface area (Å²) in [6.45, 7) is 15.9. The van der Waals surface area contributed by atoms with Gasteiger partial charge in [0.1, 0.15) is 17.2 Å². The van der Waals surface area contributed by atoms with Gasteiger partial charge < -0.3 is 34.4 Å². The quantitative estimate of drug-likeness (QED) is 0.388. The number of nitrogens with zero attached hydrogens (tertiary/aromatic N) is 7. The zero-order valence-corrected chi connectivity index (χ0v) is 28.7. The molecule has 4 aliphatic heterocycles. The lowest BCUT2D eigenvalue weighted by Crippen LogP contribution is -2.56. The van der Waals surface area contributed by atoms with Crippen molar-refractivity contribution in [3.05, 3.63) is 82.8 Å². The highest BCUT2D eigenvalue weighted by molar-refractivity contribution is 6.07. The van der Waals surface area contributed by atoms with Crippen molar-refractivity contribution in [3.8, 4) is 11.1 Å². The number of amides is 1. The van der Waals surface area contributed by atoms with Gasteiger partial charge in [-0.3, -0.25) is 19.5 Å². The normalized spacial score (nSPS) is 21.4. The maximum Gasteiger partial charge on any atom is 0.274 e. The first-order valence-electron chi connectivity index (χ1n) is 17.1. The van der Waals surface area contributed by atoms with Gasteiger partial charge in [0.05, 0.1) is 49.6 Å². The lowest BCUT2D eigenvalue weighted by Gasteiger charge is -2.43. The van der Waals surface area contributed by atoms with Crippen molar-refractivity contribution in [1.29, 1.82) is 0 Å². The van der Waals surface area contributed by atoms with Gasteiger partial charge in [-0.05, 0) is 42.5 Å². The second kappa shape index (κ2) is 13.4. The summed E-state index contributed by atoms with van der Waals surface area (Å²) in [4.78, 5) is 45.1. The van der Waals surface area contributed by atoms with Crippen LogP contribution in [0.25, 0.3) is 11.1 Å². The number of fused-ring (bicyclic) bond motifs is 1. The van der Waals surface area contributed by atoms with Crippen LogP contribution >= 0.6 is 0 Å². The van der Waals surface area contributed by atoms with Crippen molar-refractivity contribution < 1.29 is 14.6 Å². The highest BCUT2D eigenvalue weighted by Crippen LogP contribution is 2.37. The fourth-order valence-electron chi connectivity index (χ4n) is 7.35. The predicted octanol–water partition coefficient (Wildman–Crippen LogP) is 3.51. The van der Waals surface area contributed by atoms with Gasteiger partial charge in [0.25, 0.3) is 11.5 Å². The first kappa shape index (κ1) is 33.0. The Morgan fingerprint density at radius 1 is 1.02 bits per heavy atom. The summed E-state index contributed by atoms with van der Waals surface area (Å²) < 4.78 is 6.86. The summed E-state index contributed by atoms with van der Waals surface area (Å²) in [5.41, 5.74) is 5.30. The zero-order valence-electron chi connectivity index (χ0n) is 28.7. The minimum absolute atomic E-state index is 0.117. The Bertz CT molecular complexity index is 1820. The number of carbonyl (C=O) groups excluding carboxylic acids is 1. The van der Waals surface area contributed by atoms with Gasteiger partial charge in [-0.15, -0.1) is 0 Å². The van der Waals surface area contributed by atoms with E-state index in [-0.39, 0.29) is 23.5 Å². The number of allylic oxidation sites excluding steroid dienone is 2. The first-order chi connectivity index (χ1) is 23.6. The maximum absolute atomic E-state index is 14.0. The van der Waals surface area contributed by atoms with E-state index in [1.165, 1.54) is 4.57 Å². The van der Waals surface area contributed by atoms with Gasteiger partial charge in [0, 0.05) is 81.9 Å². The molecule has 0 unspecified atom stereocenters. The number of hydrogen-bond donors (Lipinski definition) is 2. The van der Waals surface area contributed by atoms with Crippen LogP contribution in [0.2, 0.25) is 0 Å². The van der Waals surface area contributed by atoms with Crippen LogP contribution in [0, 0.1) is 5.41 Å². The molecule has 3 fully saturated rings. The zero-order chi connectivity index (χ0) is 34.3. The highest BCUT2D eigenvalue weighted by atomic mass is 16.5. The SMILES string of the molecule is C=C1/C=C2/C(=O)N(c3cncc(-c4cc(Nc5ccc(N6CCN(C7COC7)CC6)cn5)c(=O)n(C)c4)c3CO)CCN2CCC(C)(C)C1. The summed E-state index contributed by atoms with van der Waals surface area (Å²) >= 11 is 0. The molecule has 0 aromatic carbocycles. The van der Waals surface area contributed by atoms with Gasteiger partial charge in [-0.2, -0.15) is 0 Å². The summed E-state index contributed by atoms with van der Waals surface area (Å²) in [5.74, 6) is 0.423. The monoisotopic (exact) mass is 666 g/mol. The molecule has 12 nitrogen and oxygen atoms in total. The second-order valence-corrected chi connectivity index (χ2v) is 14.4. The largest absolute Gasteiger partial charge is 0.392 e. The molecule has 1 amide bonds. The van der Waals surface area contributed by atoms with Crippen molar-refractivity contribution in [2.24, 2.45) is 12.5 Å². The number of aryl methyl sites for hydroxylation is 1. The van der Waals surface area contributed by atoms with Gasteiger partial charge in [0.2, 0.25) is 0 Å². The van der Waals surface area contributed by atoms with E-state index in [1.54, 1.807) is 36.6 Å². The molecule has 0 atom stereocenters. The number of carbonyl (C=O) groups is 1. The first-order valence-corrected chi connectivity index (χ1v) is 17.1. The van der Waals surface area contributed by atoms with Crippen molar-refractivity contribution >= 4 is 28.8 Å². The minimum Gasteiger partial charge on any atom is -0.392 e. The van der Waals surface area contributed by atoms with Crippen molar-refractivity contribution in [3.63, 3.8) is 0 Å². The van der Waals surface area contributed by atoms with Gasteiger partial charge in [0.15, 0.2) is 0 Å². The van der Waals surface area contributed by atoms with Crippen LogP contribution in [0.5, 0.6) is 0 Å². The van der Waals surface area contributed by atoms with E-state index in [1.807, 2.05) is 24.4 Å². The summed E-state index contributed by atoms with van der Waals surface area (Å²) in [6.07, 6.45) is 10.6. The van der Waals surface area contributed by atoms with Gasteiger partial charge in [-0.1, -0.05) is 26.0 Å². The molecule has 258 valence electrons. The Kier molecular flexibility index (Phi) is 9.03. The molecule has 0 aliphatic carbocycles. The van der Waals surface area contributed by atoms with E-state index >= 15 is 0 Å². The number of aromatic nitrogens is 3. The molecule has 0 bridgehead atoms. The summed E-state index contributed by atoms with van der Waals surface area (Å²) in [6, 6.07) is 6.22. The van der Waals surface area contributed by atoms with Crippen molar-refractivity contribution in [1.82, 2.24) is 24.3 Å². The topological polar surface area (TPSA) is 119 Å². The molecule has 12 heteroatoms. The van der Waals surface area contributed by atoms with Gasteiger partial charge >= 0.3 is 0 Å². The average Bonchev–Trinajstić information content (AvgIpc) is 3.06. The lowest BCUT2D eigenvalue weighted by atomic mass is 9.81. The number of rotatable bonds is 7. The second-order valence-electron chi connectivity index (χ2n) is 14.4. The van der Waals surface area contributed by atoms with Crippen LogP contribution in [0.4, 0.5) is 22.9 Å². The van der Waals surface area contributed by atoms with Crippen molar-refractivity contribution in [2.75, 3.05) is 74.1 Å². The van der Waals surface area contributed by atoms with Crippen molar-refractivity contribution in [2.45, 2.75) is 39.3 Å². The molecule has 49 heavy (non-hydrogen) atoms. The van der Waals surface area contributed by atoms with E-state index < -0.39 is 0 Å². The molecule has 7 heterocycles. The van der Waals surface area contributed by atoms with Crippen LogP contribution in [0.1, 0.15) is 32.3 Å². The van der Waals surface area contributed by atoms with Crippen LogP contribution in [-0.4, -0.2) is 100 Å². The number of pyridine rings is 3. The number of anilines is 4. The van der Waals surface area contributed by atoms with E-state index in [4.69, 9.17) is 4.74 Å². The molecule has 4 aliphatic rings. The number of ether oxygens (including phenoxy) is 1. The number of hydrogen-bond acceptors (Lipinski definition) is 10. The molecule has 3 saturated heterocycles. The smallest absolute Gasteiger partial charge is 0.274 e. The Hall–Kier alpha value is -4.52. The highest BCUT2D eigenvalue weighted by Gasteiger charge is 2.35. The molecule has 0 saturated carbocycles. The molecule has 0 radical (unpaired) electrons. The molecule has 3 aromatic heterocycles. The Labute approximate surface area is 287 Å². The van der Waals surface area contributed by atoms with Gasteiger partial charge in [-0.25, -0.2) is 4.98 Å². The number of aliphatic hydroxyl groups is 1. The van der Waals surface area contributed by atoms with Crippen LogP contribution < -0.4 is 20.7 Å². The number of aliphatic hydroxyl groups excluding tert-OH is 1. The molecule has 2 N–H and O–H groups in total. The number of piperazine rings is 2. The lowest BCUT2D eigenvalue weighted by molar-refractivity contribution is -0.117. The van der Waals surface area contributed by atoms with E-state index in [2.05, 4.69) is 50.4 Å². The molecule has 3 aromatic rings. The fourth-order valence-corrected chi connectivity index (χ4v) is 7.35. The Morgan fingerprint density at radius 2 is 1.80 bits per heavy atom. The van der Waals surface area contributed by atoms with Crippen LogP contribution in [0.3, 0.4) is 0 Å². The Morgan fingerprint density at radius 3 is 2.49 bits per heavy atom. The Balaban J connectivity index is 1.12. The third-order valence-electron chi connectivity index (χ3n) is 10.3. The number of nitrogens with one attached hydrogen (secondary N) is 1. The third kappa shape index (κ3) is 6.72. The maximum atomic E-state index is 14.0. The van der Waals surface area contributed by atoms with E-state index in [0.717, 1.165) is 70.0 Å². The molecule has 0 spiro atoms. The summed E-state index contributed by atoms with van der Waals surface area (Å²) in [7, 11) is 1.69. The average molecular weight is 667 g/mol. The van der Waals surface area contributed by atoms with Crippen LogP contribution in [0.15, 0.2) is 71.7 Å². The van der Waals surface area contributed by atoms with E-state index in [0.29, 0.717) is 58.7 Å². The third-order valence-corrected chi connectivity index (χ3v) is 10.3. The standard InChI is InChI=1S/C37H46N8O4/c1-25-15-32-36(48)45(14-13-44(32)8-7-37(2,3)17-25)33-20-38-19-29(30(33)22-46)26-16-31(35(47)41(4)21-26)40-34-6-5-27(18-39-34)42-9-11-43(12-10-42)28-23-49-24-28/h5-6,15-16,18-21,28,46H,1,7-14,17,22-24H2,2-4H3,(H,39,40)/b32-15-. The predicted molar refractivity (Wildman–Crippen MR) is 191 cm³/mol. The molecular formula is C37H46N8O4. The molecule has 7 rings (SSSR count).